The molecule has 4 rings (SSSR count). The Morgan fingerprint density at radius 3 is 2.47 bits per heavy atom. The molecule has 3 aromatic rings. The number of halogens is 2. The number of rotatable bonds is 10. The highest BCUT2D eigenvalue weighted by Gasteiger charge is 2.24. The number of ether oxygens (including phenoxy) is 2. The van der Waals surface area contributed by atoms with E-state index in [9.17, 15) is 18.7 Å². The van der Waals surface area contributed by atoms with E-state index in [4.69, 9.17) is 4.74 Å². The highest BCUT2D eigenvalue weighted by atomic mass is 19.3. The molecule has 6 nitrogen and oxygen atoms in total. The van der Waals surface area contributed by atoms with Gasteiger partial charge in [-0.05, 0) is 66.8 Å². The van der Waals surface area contributed by atoms with Crippen molar-refractivity contribution in [2.24, 2.45) is 5.92 Å². The minimum Gasteiger partial charge on any atom is -0.489 e. The molecule has 1 saturated carbocycles. The Balaban J connectivity index is 1.69. The highest BCUT2D eigenvalue weighted by Crippen LogP contribution is 2.38. The van der Waals surface area contributed by atoms with Gasteiger partial charge in [-0.15, -0.1) is 0 Å². The lowest BCUT2D eigenvalue weighted by Crippen LogP contribution is -2.17. The summed E-state index contributed by atoms with van der Waals surface area (Å²) in [5, 5.41) is 9.20. The molecule has 8 heteroatoms. The van der Waals surface area contributed by atoms with Crippen LogP contribution in [0.4, 0.5) is 20.2 Å². The van der Waals surface area contributed by atoms with E-state index in [0.29, 0.717) is 24.8 Å². The number of hydrogen-bond acceptors (Lipinski definition) is 5. The summed E-state index contributed by atoms with van der Waals surface area (Å²) in [6, 6.07) is 15.0. The third-order valence-corrected chi connectivity index (χ3v) is 5.12. The Kier molecular flexibility index (Phi) is 6.49. The van der Waals surface area contributed by atoms with E-state index in [1.807, 2.05) is 17.0 Å². The van der Waals surface area contributed by atoms with Gasteiger partial charge in [0.25, 0.3) is 0 Å². The van der Waals surface area contributed by atoms with Gasteiger partial charge in [0.2, 0.25) is 0 Å². The van der Waals surface area contributed by atoms with Crippen molar-refractivity contribution in [3.63, 3.8) is 0 Å². The molecule has 0 amide bonds. The molecule has 0 aliphatic heterocycles. The first-order chi connectivity index (χ1) is 15.5. The molecule has 32 heavy (non-hydrogen) atoms. The lowest BCUT2D eigenvalue weighted by molar-refractivity contribution is -0.0515. The summed E-state index contributed by atoms with van der Waals surface area (Å²) in [6.45, 7) is -2.09. The molecule has 0 bridgehead atoms. The predicted molar refractivity (Wildman–Crippen MR) is 115 cm³/mol. The molecular weight excluding hydrogens is 418 g/mol. The van der Waals surface area contributed by atoms with Crippen LogP contribution in [-0.2, 0) is 6.54 Å². The number of pyridine rings is 1. The van der Waals surface area contributed by atoms with Crippen molar-refractivity contribution in [1.82, 2.24) is 4.98 Å². The number of nitrogens with zero attached hydrogens (tertiary/aromatic N) is 2. The van der Waals surface area contributed by atoms with E-state index >= 15 is 0 Å². The number of carboxylic acids is 1. The monoisotopic (exact) mass is 440 g/mol. The van der Waals surface area contributed by atoms with Crippen molar-refractivity contribution >= 4 is 17.3 Å². The third-order valence-electron chi connectivity index (χ3n) is 5.12. The Morgan fingerprint density at radius 2 is 1.84 bits per heavy atom. The lowest BCUT2D eigenvalue weighted by Gasteiger charge is -2.26. The third kappa shape index (κ3) is 5.51. The smallest absolute Gasteiger partial charge is 0.387 e. The van der Waals surface area contributed by atoms with Crippen LogP contribution in [0.5, 0.6) is 11.5 Å². The zero-order valence-electron chi connectivity index (χ0n) is 17.2. The van der Waals surface area contributed by atoms with Gasteiger partial charge in [-0.1, -0.05) is 6.07 Å². The number of aromatic carboxylic acids is 1. The highest BCUT2D eigenvalue weighted by molar-refractivity contribution is 5.88. The minimum absolute atomic E-state index is 0.0213. The number of carbonyl (C=O) groups is 1. The molecular formula is C24H22F2N2O4. The van der Waals surface area contributed by atoms with Crippen LogP contribution in [0.15, 0.2) is 67.0 Å². The number of anilines is 2. The SMILES string of the molecule is O=C(O)c1ccc(N(Cc2cccnc2)c2ccc(OC(F)F)c(OCC3CC3)c2)cc1. The summed E-state index contributed by atoms with van der Waals surface area (Å²) in [5.41, 5.74) is 2.51. The largest absolute Gasteiger partial charge is 0.489 e. The van der Waals surface area contributed by atoms with Gasteiger partial charge >= 0.3 is 12.6 Å². The van der Waals surface area contributed by atoms with Gasteiger partial charge in [-0.25, -0.2) is 4.79 Å². The molecule has 1 heterocycles. The first-order valence-electron chi connectivity index (χ1n) is 10.2. The van der Waals surface area contributed by atoms with Gasteiger partial charge in [0.1, 0.15) is 0 Å². The molecule has 0 spiro atoms. The molecule has 0 unspecified atom stereocenters. The maximum absolute atomic E-state index is 12.9. The summed E-state index contributed by atoms with van der Waals surface area (Å²) < 4.78 is 36.2. The fourth-order valence-corrected chi connectivity index (χ4v) is 3.25. The maximum atomic E-state index is 12.9. The van der Waals surface area contributed by atoms with Gasteiger partial charge in [-0.3, -0.25) is 4.98 Å². The van der Waals surface area contributed by atoms with Crippen molar-refractivity contribution < 1.29 is 28.2 Å². The quantitative estimate of drug-likeness (QED) is 0.448. The maximum Gasteiger partial charge on any atom is 0.387 e. The lowest BCUT2D eigenvalue weighted by atomic mass is 10.1. The number of hydrogen-bond donors (Lipinski definition) is 1. The van der Waals surface area contributed by atoms with Crippen molar-refractivity contribution in [3.8, 4) is 11.5 Å². The summed E-state index contributed by atoms with van der Waals surface area (Å²) in [5.74, 6) is -0.354. The molecule has 166 valence electrons. The molecule has 2 aromatic carbocycles. The Bertz CT molecular complexity index is 1060. The van der Waals surface area contributed by atoms with Crippen LogP contribution >= 0.6 is 0 Å². The first-order valence-corrected chi connectivity index (χ1v) is 10.2. The van der Waals surface area contributed by atoms with Gasteiger partial charge in [-0.2, -0.15) is 8.78 Å². The summed E-state index contributed by atoms with van der Waals surface area (Å²) in [7, 11) is 0. The zero-order chi connectivity index (χ0) is 22.5. The van der Waals surface area contributed by atoms with E-state index in [-0.39, 0.29) is 17.1 Å². The van der Waals surface area contributed by atoms with Crippen LogP contribution in [0, 0.1) is 5.92 Å². The fraction of sp³-hybridized carbons (Fsp3) is 0.250. The van der Waals surface area contributed by atoms with Crippen LogP contribution in [0.3, 0.4) is 0 Å². The molecule has 1 N–H and O–H groups in total. The van der Waals surface area contributed by atoms with Crippen molar-refractivity contribution in [3.05, 3.63) is 78.1 Å². The number of aromatic nitrogens is 1. The molecule has 1 aliphatic carbocycles. The van der Waals surface area contributed by atoms with Crippen LogP contribution in [0.25, 0.3) is 0 Å². The predicted octanol–water partition coefficient (Wildman–Crippen LogP) is 5.51. The molecule has 0 saturated heterocycles. The van der Waals surface area contributed by atoms with Crippen molar-refractivity contribution in [2.45, 2.75) is 26.0 Å². The van der Waals surface area contributed by atoms with Crippen molar-refractivity contribution in [2.75, 3.05) is 11.5 Å². The van der Waals surface area contributed by atoms with Gasteiger partial charge in [0.15, 0.2) is 11.5 Å². The van der Waals surface area contributed by atoms with E-state index in [1.165, 1.54) is 18.2 Å². The summed E-state index contributed by atoms with van der Waals surface area (Å²) >= 11 is 0. The molecule has 0 radical (unpaired) electrons. The van der Waals surface area contributed by atoms with Gasteiger partial charge in [0, 0.05) is 36.4 Å². The van der Waals surface area contributed by atoms with Crippen molar-refractivity contribution in [1.29, 1.82) is 0 Å². The minimum atomic E-state index is -2.96. The van der Waals surface area contributed by atoms with Crippen LogP contribution < -0.4 is 14.4 Å². The zero-order valence-corrected chi connectivity index (χ0v) is 17.2. The Hall–Kier alpha value is -3.68. The van der Waals surface area contributed by atoms with Crippen LogP contribution in [-0.4, -0.2) is 29.3 Å². The fourth-order valence-electron chi connectivity index (χ4n) is 3.25. The first kappa shape index (κ1) is 21.5. The van der Waals surface area contributed by atoms with Gasteiger partial charge in [0.05, 0.1) is 12.2 Å². The topological polar surface area (TPSA) is 71.9 Å². The Morgan fingerprint density at radius 1 is 1.09 bits per heavy atom. The van der Waals surface area contributed by atoms with E-state index in [0.717, 1.165) is 24.1 Å². The standard InChI is InChI=1S/C24H22F2N2O4/c25-24(26)32-21-10-9-20(12-22(21)31-15-16-3-4-16)28(14-17-2-1-11-27-13-17)19-7-5-18(6-8-19)23(29)30/h1-2,5-13,16,24H,3-4,14-15H2,(H,29,30). The second-order valence-corrected chi connectivity index (χ2v) is 7.56. The van der Waals surface area contributed by atoms with Crippen LogP contribution in [0.1, 0.15) is 28.8 Å². The van der Waals surface area contributed by atoms with Gasteiger partial charge < -0.3 is 19.5 Å². The molecule has 0 atom stereocenters. The summed E-state index contributed by atoms with van der Waals surface area (Å²) in [6.07, 6.45) is 5.54. The number of alkyl halides is 2. The van der Waals surface area contributed by atoms with Crippen LogP contribution in [0.2, 0.25) is 0 Å². The number of benzene rings is 2. The van der Waals surface area contributed by atoms with E-state index in [1.54, 1.807) is 36.7 Å². The van der Waals surface area contributed by atoms with E-state index < -0.39 is 12.6 Å². The second kappa shape index (κ2) is 9.64. The number of carboxylic acid groups (broad SMARTS) is 1. The molecule has 1 aliphatic rings. The normalized spacial score (nSPS) is 13.1. The second-order valence-electron chi connectivity index (χ2n) is 7.56. The van der Waals surface area contributed by atoms with E-state index in [2.05, 4.69) is 9.72 Å². The summed E-state index contributed by atoms with van der Waals surface area (Å²) in [4.78, 5) is 17.3. The molecule has 1 fully saturated rings. The average Bonchev–Trinajstić information content (AvgIpc) is 3.62. The Labute approximate surface area is 184 Å². The average molecular weight is 440 g/mol. The molecule has 1 aromatic heterocycles.